The van der Waals surface area contributed by atoms with Gasteiger partial charge in [-0.1, -0.05) is 26.0 Å². The molecule has 2 unspecified atom stereocenters. The van der Waals surface area contributed by atoms with Crippen LogP contribution >= 0.6 is 0 Å². The average molecular weight is 161 g/mol. The summed E-state index contributed by atoms with van der Waals surface area (Å²) in [5, 5.41) is 0. The Hall–Kier alpha value is -0.850. The van der Waals surface area contributed by atoms with Crippen LogP contribution in [0, 0.1) is 11.3 Å². The minimum Gasteiger partial charge on any atom is -0.265 e. The van der Waals surface area contributed by atoms with Crippen LogP contribution in [0.4, 0.5) is 0 Å². The van der Waals surface area contributed by atoms with E-state index < -0.39 is 0 Å². The van der Waals surface area contributed by atoms with E-state index in [-0.39, 0.29) is 0 Å². The summed E-state index contributed by atoms with van der Waals surface area (Å²) in [6.07, 6.45) is 10.8. The molecule has 0 spiro atoms. The topological polar surface area (TPSA) is 12.4 Å². The molecule has 2 bridgehead atoms. The van der Waals surface area contributed by atoms with E-state index in [9.17, 15) is 0 Å². The molecule has 0 radical (unpaired) electrons. The molecule has 1 saturated carbocycles. The second-order valence-electron chi connectivity index (χ2n) is 3.96. The van der Waals surface area contributed by atoms with E-state index in [0.29, 0.717) is 11.3 Å². The molecule has 1 aliphatic carbocycles. The van der Waals surface area contributed by atoms with Gasteiger partial charge in [-0.15, -0.1) is 0 Å². The number of nitrogens with zero attached hydrogens (tertiary/aromatic N) is 1. The van der Waals surface area contributed by atoms with E-state index in [1.165, 1.54) is 12.1 Å². The van der Waals surface area contributed by atoms with Crippen molar-refractivity contribution in [2.45, 2.75) is 26.7 Å². The summed E-state index contributed by atoms with van der Waals surface area (Å²) in [4.78, 5) is 4.43. The van der Waals surface area contributed by atoms with E-state index in [4.69, 9.17) is 0 Å². The van der Waals surface area contributed by atoms with Gasteiger partial charge in [0.2, 0.25) is 0 Å². The fourth-order valence-corrected chi connectivity index (χ4v) is 2.36. The third-order valence-corrected chi connectivity index (χ3v) is 3.08. The lowest BCUT2D eigenvalue weighted by Crippen LogP contribution is -2.45. The fraction of sp³-hybridized carbons (Fsp3) is 0.545. The molecule has 2 aliphatic heterocycles. The predicted molar refractivity (Wildman–Crippen MR) is 52.2 cm³/mol. The number of hydrogen-bond acceptors (Lipinski definition) is 1. The maximum Gasteiger partial charge on any atom is 0.0267 e. The maximum absolute atomic E-state index is 4.43. The summed E-state index contributed by atoms with van der Waals surface area (Å²) < 4.78 is 0. The molecule has 1 fully saturated rings. The highest BCUT2D eigenvalue weighted by Crippen LogP contribution is 2.47. The van der Waals surface area contributed by atoms with Gasteiger partial charge in [-0.25, -0.2) is 0 Å². The summed E-state index contributed by atoms with van der Waals surface area (Å²) in [5.41, 5.74) is 1.79. The maximum atomic E-state index is 4.43. The molecule has 2 heterocycles. The minimum atomic E-state index is 0.401. The number of hydrogen-bond donors (Lipinski definition) is 0. The zero-order chi connectivity index (χ0) is 8.60. The van der Waals surface area contributed by atoms with Gasteiger partial charge in [0.05, 0.1) is 0 Å². The first-order chi connectivity index (χ1) is 5.76. The average Bonchev–Trinajstić information content (AvgIpc) is 1.96. The molecule has 64 valence electrons. The molecule has 0 N–H and O–H groups in total. The van der Waals surface area contributed by atoms with E-state index >= 15 is 0 Å². The first-order valence-electron chi connectivity index (χ1n) is 4.67. The first-order valence-corrected chi connectivity index (χ1v) is 4.67. The lowest BCUT2D eigenvalue weighted by Gasteiger charge is -2.46. The van der Waals surface area contributed by atoms with Crippen molar-refractivity contribution in [3.63, 3.8) is 0 Å². The van der Waals surface area contributed by atoms with Crippen molar-refractivity contribution in [1.29, 1.82) is 0 Å². The third-order valence-electron chi connectivity index (χ3n) is 3.08. The van der Waals surface area contributed by atoms with Crippen LogP contribution in [0.25, 0.3) is 0 Å². The van der Waals surface area contributed by atoms with Gasteiger partial charge in [0.1, 0.15) is 0 Å². The van der Waals surface area contributed by atoms with Crippen LogP contribution in [0.2, 0.25) is 0 Å². The van der Waals surface area contributed by atoms with Gasteiger partial charge < -0.3 is 0 Å². The molecule has 2 atom stereocenters. The molecule has 0 aromatic carbocycles. The quantitative estimate of drug-likeness (QED) is 0.560. The van der Waals surface area contributed by atoms with Crippen LogP contribution in [0.1, 0.15) is 26.7 Å². The minimum absolute atomic E-state index is 0.401. The highest BCUT2D eigenvalue weighted by molar-refractivity contribution is 5.95. The zero-order valence-corrected chi connectivity index (χ0v) is 7.75. The Morgan fingerprint density at radius 1 is 1.58 bits per heavy atom. The molecule has 3 aliphatic rings. The number of allylic oxidation sites excluding steroid dienone is 3. The smallest absolute Gasteiger partial charge is 0.0267 e. The Labute approximate surface area is 73.9 Å². The molecule has 0 amide bonds. The standard InChI is InChI=1S/C11H15N/c1-3-9-10-8-11(9,2)6-4-5-7-12-10/h4-7,9H,3,8H2,1-2H3. The van der Waals surface area contributed by atoms with E-state index in [2.05, 4.69) is 31.0 Å². The van der Waals surface area contributed by atoms with Gasteiger partial charge >= 0.3 is 0 Å². The summed E-state index contributed by atoms with van der Waals surface area (Å²) in [6, 6.07) is 0. The van der Waals surface area contributed by atoms with Crippen LogP contribution in [-0.4, -0.2) is 5.71 Å². The summed E-state index contributed by atoms with van der Waals surface area (Å²) in [5.74, 6) is 0.693. The van der Waals surface area contributed by atoms with Crippen LogP contribution in [0.3, 0.4) is 0 Å². The lowest BCUT2D eigenvalue weighted by molar-refractivity contribution is 0.263. The highest BCUT2D eigenvalue weighted by atomic mass is 14.8. The molecule has 3 rings (SSSR count). The van der Waals surface area contributed by atoms with Crippen LogP contribution in [0.5, 0.6) is 0 Å². The van der Waals surface area contributed by atoms with Gasteiger partial charge in [0.25, 0.3) is 0 Å². The lowest BCUT2D eigenvalue weighted by atomic mass is 9.58. The Kier molecular flexibility index (Phi) is 1.67. The zero-order valence-electron chi connectivity index (χ0n) is 7.75. The molecule has 1 heteroatoms. The van der Waals surface area contributed by atoms with Crippen LogP contribution < -0.4 is 0 Å². The highest BCUT2D eigenvalue weighted by Gasteiger charge is 2.44. The number of fused-ring (bicyclic) bond motifs is 2. The monoisotopic (exact) mass is 161 g/mol. The second-order valence-corrected chi connectivity index (χ2v) is 3.96. The van der Waals surface area contributed by atoms with Crippen molar-refractivity contribution in [2.24, 2.45) is 16.3 Å². The van der Waals surface area contributed by atoms with E-state index in [1.54, 1.807) is 0 Å². The molecule has 0 aromatic heterocycles. The normalized spacial score (nSPS) is 38.2. The largest absolute Gasteiger partial charge is 0.265 e. The van der Waals surface area contributed by atoms with Crippen LogP contribution in [-0.2, 0) is 0 Å². The third kappa shape index (κ3) is 0.961. The van der Waals surface area contributed by atoms with Crippen LogP contribution in [0.15, 0.2) is 29.4 Å². The van der Waals surface area contributed by atoms with Gasteiger partial charge in [-0.05, 0) is 24.3 Å². The summed E-state index contributed by atoms with van der Waals surface area (Å²) in [6.45, 7) is 4.58. The fourth-order valence-electron chi connectivity index (χ4n) is 2.36. The van der Waals surface area contributed by atoms with Crippen molar-refractivity contribution in [1.82, 2.24) is 0 Å². The molecule has 0 saturated heterocycles. The molecule has 1 nitrogen and oxygen atoms in total. The van der Waals surface area contributed by atoms with E-state index in [1.807, 2.05) is 12.3 Å². The van der Waals surface area contributed by atoms with E-state index in [0.717, 1.165) is 6.42 Å². The molecule has 0 aromatic rings. The van der Waals surface area contributed by atoms with Crippen molar-refractivity contribution >= 4 is 5.71 Å². The summed E-state index contributed by atoms with van der Waals surface area (Å²) >= 11 is 0. The molecular formula is C11H15N. The Morgan fingerprint density at radius 3 is 3.17 bits per heavy atom. The second kappa shape index (κ2) is 2.58. The molecule has 12 heavy (non-hydrogen) atoms. The Bertz CT molecular complexity index is 273. The van der Waals surface area contributed by atoms with Crippen molar-refractivity contribution in [3.05, 3.63) is 24.4 Å². The number of aliphatic imine (C=N–C) groups is 1. The SMILES string of the molecule is CCC1C2=NC=CC=CC1(C)C2. The van der Waals surface area contributed by atoms with Gasteiger partial charge in [0, 0.05) is 17.8 Å². The first kappa shape index (κ1) is 7.78. The molecular weight excluding hydrogens is 146 g/mol. The Balaban J connectivity index is 2.34. The van der Waals surface area contributed by atoms with Crippen molar-refractivity contribution in [2.75, 3.05) is 0 Å². The van der Waals surface area contributed by atoms with Gasteiger partial charge in [-0.3, -0.25) is 4.99 Å². The van der Waals surface area contributed by atoms with Crippen molar-refractivity contribution < 1.29 is 0 Å². The van der Waals surface area contributed by atoms with Crippen molar-refractivity contribution in [3.8, 4) is 0 Å². The van der Waals surface area contributed by atoms with Gasteiger partial charge in [0.15, 0.2) is 0 Å². The van der Waals surface area contributed by atoms with Gasteiger partial charge in [-0.2, -0.15) is 0 Å². The number of rotatable bonds is 1. The summed E-state index contributed by atoms with van der Waals surface area (Å²) in [7, 11) is 0. The predicted octanol–water partition coefficient (Wildman–Crippen LogP) is 2.95. The Morgan fingerprint density at radius 2 is 2.42 bits per heavy atom.